The third-order valence-corrected chi connectivity index (χ3v) is 2.44. The number of halogens is 3. The summed E-state index contributed by atoms with van der Waals surface area (Å²) in [7, 11) is 3.09. The number of hydrogen-bond donors (Lipinski definition) is 0. The van der Waals surface area contributed by atoms with Crippen molar-refractivity contribution in [3.63, 3.8) is 0 Å². The highest BCUT2D eigenvalue weighted by Gasteiger charge is 2.33. The van der Waals surface area contributed by atoms with Gasteiger partial charge >= 0.3 is 6.18 Å². The number of ether oxygens (including phenoxy) is 2. The van der Waals surface area contributed by atoms with Crippen LogP contribution in [0.5, 0.6) is 0 Å². The maximum absolute atomic E-state index is 11.9. The Kier molecular flexibility index (Phi) is 4.80. The summed E-state index contributed by atoms with van der Waals surface area (Å²) in [5.74, 6) is 0. The van der Waals surface area contributed by atoms with Crippen molar-refractivity contribution >= 4 is 10.2 Å². The summed E-state index contributed by atoms with van der Waals surface area (Å²) in [6.07, 6.45) is -5.67. The Bertz CT molecular complexity index is 124. The van der Waals surface area contributed by atoms with Gasteiger partial charge in [0.1, 0.15) is 0 Å². The maximum Gasteiger partial charge on any atom is 0.389 e. The zero-order chi connectivity index (χ0) is 9.78. The molecule has 6 heteroatoms. The van der Waals surface area contributed by atoms with Gasteiger partial charge < -0.3 is 9.47 Å². The van der Waals surface area contributed by atoms with Gasteiger partial charge in [0.2, 0.25) is 0 Å². The molecule has 0 amide bonds. The SMILES string of the molecule is COC(OC)C([SiH3])CC(F)(F)F. The summed E-state index contributed by atoms with van der Waals surface area (Å²) >= 11 is 0. The van der Waals surface area contributed by atoms with Gasteiger partial charge in [0.15, 0.2) is 6.29 Å². The molecular weight excluding hydrogens is 189 g/mol. The molecule has 1 unspecified atom stereocenters. The first-order valence-electron chi connectivity index (χ1n) is 3.53. The molecule has 12 heavy (non-hydrogen) atoms. The minimum absolute atomic E-state index is 0.402. The summed E-state index contributed by atoms with van der Waals surface area (Å²) in [6, 6.07) is 0. The van der Waals surface area contributed by atoms with Crippen molar-refractivity contribution in [1.29, 1.82) is 0 Å². The molecule has 0 aromatic carbocycles. The van der Waals surface area contributed by atoms with Crippen LogP contribution in [0.4, 0.5) is 13.2 Å². The predicted molar refractivity (Wildman–Crippen MR) is 42.2 cm³/mol. The zero-order valence-corrected chi connectivity index (χ0v) is 9.31. The Morgan fingerprint density at radius 1 is 1.25 bits per heavy atom. The van der Waals surface area contributed by atoms with Crippen LogP contribution in [0.3, 0.4) is 0 Å². The number of hydrogen-bond acceptors (Lipinski definition) is 2. The summed E-state index contributed by atoms with van der Waals surface area (Å²) in [6.45, 7) is 0. The first-order valence-corrected chi connectivity index (χ1v) is 4.68. The largest absolute Gasteiger partial charge is 0.389 e. The third kappa shape index (κ3) is 4.73. The van der Waals surface area contributed by atoms with Gasteiger partial charge in [0.25, 0.3) is 0 Å². The first kappa shape index (κ1) is 11.9. The third-order valence-electron chi connectivity index (χ3n) is 1.48. The summed E-state index contributed by atoms with van der Waals surface area (Å²) in [5.41, 5.74) is -0.542. The second kappa shape index (κ2) is 4.83. The van der Waals surface area contributed by atoms with Crippen molar-refractivity contribution in [2.75, 3.05) is 14.2 Å². The van der Waals surface area contributed by atoms with Crippen LogP contribution in [0, 0.1) is 0 Å². The van der Waals surface area contributed by atoms with E-state index in [0.29, 0.717) is 10.2 Å². The lowest BCUT2D eigenvalue weighted by Crippen LogP contribution is -2.25. The van der Waals surface area contributed by atoms with Gasteiger partial charge in [-0.2, -0.15) is 13.2 Å². The molecule has 0 rings (SSSR count). The standard InChI is InChI=1S/C6H13F3O2Si/c1-10-5(11-2)4(12)3-6(7,8)9/h4-5H,3H2,1-2,12H3. The van der Waals surface area contributed by atoms with E-state index in [-0.39, 0.29) is 0 Å². The first-order chi connectivity index (χ1) is 5.40. The summed E-state index contributed by atoms with van der Waals surface area (Å²) in [4.78, 5) is 0. The van der Waals surface area contributed by atoms with Crippen LogP contribution >= 0.6 is 0 Å². The van der Waals surface area contributed by atoms with E-state index in [9.17, 15) is 13.2 Å². The number of methoxy groups -OCH3 is 2. The second-order valence-electron chi connectivity index (χ2n) is 2.64. The van der Waals surface area contributed by atoms with Crippen LogP contribution in [0.1, 0.15) is 6.42 Å². The molecule has 74 valence electrons. The van der Waals surface area contributed by atoms with Crippen LogP contribution in [-0.2, 0) is 9.47 Å². The van der Waals surface area contributed by atoms with Crippen LogP contribution in [0.2, 0.25) is 5.54 Å². The Labute approximate surface area is 72.5 Å². The van der Waals surface area contributed by atoms with E-state index in [1.807, 2.05) is 0 Å². The molecule has 0 N–H and O–H groups in total. The van der Waals surface area contributed by atoms with Gasteiger partial charge in [-0.05, 0) is 0 Å². The summed E-state index contributed by atoms with van der Waals surface area (Å²) < 4.78 is 45.0. The van der Waals surface area contributed by atoms with Crippen molar-refractivity contribution in [2.24, 2.45) is 0 Å². The molecule has 0 saturated carbocycles. The molecule has 2 nitrogen and oxygen atoms in total. The van der Waals surface area contributed by atoms with E-state index >= 15 is 0 Å². The van der Waals surface area contributed by atoms with Crippen LogP contribution in [0.25, 0.3) is 0 Å². The molecular formula is C6H13F3O2Si. The number of alkyl halides is 3. The van der Waals surface area contributed by atoms with Crippen LogP contribution in [0.15, 0.2) is 0 Å². The van der Waals surface area contributed by atoms with Gasteiger partial charge in [-0.1, -0.05) is 0 Å². The van der Waals surface area contributed by atoms with E-state index in [4.69, 9.17) is 9.47 Å². The molecule has 0 fully saturated rings. The highest BCUT2D eigenvalue weighted by atomic mass is 28.1. The normalized spacial score (nSPS) is 15.5. The Hall–Kier alpha value is -0.0731. The molecule has 0 spiro atoms. The highest BCUT2D eigenvalue weighted by molar-refractivity contribution is 6.12. The molecule has 0 aromatic rings. The van der Waals surface area contributed by atoms with Crippen LogP contribution < -0.4 is 0 Å². The molecule has 0 aromatic heterocycles. The highest BCUT2D eigenvalue weighted by Crippen LogP contribution is 2.29. The molecule has 0 heterocycles. The van der Waals surface area contributed by atoms with E-state index in [0.717, 1.165) is 0 Å². The fourth-order valence-electron chi connectivity index (χ4n) is 1.02. The molecule has 0 aliphatic heterocycles. The number of rotatable bonds is 4. The van der Waals surface area contributed by atoms with Gasteiger partial charge in [-0.25, -0.2) is 0 Å². The Morgan fingerprint density at radius 2 is 1.67 bits per heavy atom. The smallest absolute Gasteiger partial charge is 0.356 e. The second-order valence-corrected chi connectivity index (χ2v) is 4.12. The molecule has 0 aliphatic carbocycles. The van der Waals surface area contributed by atoms with E-state index in [2.05, 4.69) is 0 Å². The molecule has 0 radical (unpaired) electrons. The average molecular weight is 202 g/mol. The van der Waals surface area contributed by atoms with Gasteiger partial charge in [0.05, 0.1) is 0 Å². The van der Waals surface area contributed by atoms with E-state index in [1.54, 1.807) is 0 Å². The van der Waals surface area contributed by atoms with Gasteiger partial charge in [-0.15, -0.1) is 0 Å². The Balaban J connectivity index is 3.92. The fraction of sp³-hybridized carbons (Fsp3) is 1.00. The molecule has 1 atom stereocenters. The lowest BCUT2D eigenvalue weighted by atomic mass is 10.3. The minimum atomic E-state index is -4.12. The lowest BCUT2D eigenvalue weighted by molar-refractivity contribution is -0.163. The quantitative estimate of drug-likeness (QED) is 0.494. The van der Waals surface area contributed by atoms with Crippen molar-refractivity contribution in [3.8, 4) is 0 Å². The van der Waals surface area contributed by atoms with Gasteiger partial charge in [-0.3, -0.25) is 0 Å². The van der Waals surface area contributed by atoms with Gasteiger partial charge in [0, 0.05) is 36.4 Å². The van der Waals surface area contributed by atoms with Crippen molar-refractivity contribution in [2.45, 2.75) is 24.4 Å². The average Bonchev–Trinajstić information content (AvgIpc) is 1.85. The molecule has 0 bridgehead atoms. The fourth-order valence-corrected chi connectivity index (χ4v) is 2.03. The molecule has 0 saturated heterocycles. The zero-order valence-electron chi connectivity index (χ0n) is 7.31. The monoisotopic (exact) mass is 202 g/mol. The predicted octanol–water partition coefficient (Wildman–Crippen LogP) is 0.712. The topological polar surface area (TPSA) is 18.5 Å². The molecule has 0 aliphatic rings. The van der Waals surface area contributed by atoms with E-state index < -0.39 is 24.4 Å². The summed E-state index contributed by atoms with van der Waals surface area (Å²) in [5, 5.41) is 0. The minimum Gasteiger partial charge on any atom is -0.356 e. The van der Waals surface area contributed by atoms with Crippen molar-refractivity contribution in [3.05, 3.63) is 0 Å². The van der Waals surface area contributed by atoms with Crippen molar-refractivity contribution < 1.29 is 22.6 Å². The Morgan fingerprint density at radius 3 is 1.92 bits per heavy atom. The lowest BCUT2D eigenvalue weighted by Gasteiger charge is -2.21. The van der Waals surface area contributed by atoms with E-state index in [1.165, 1.54) is 14.2 Å². The van der Waals surface area contributed by atoms with Crippen molar-refractivity contribution in [1.82, 2.24) is 0 Å². The van der Waals surface area contributed by atoms with Crippen LogP contribution in [-0.4, -0.2) is 36.9 Å². The maximum atomic E-state index is 11.9.